The number of nitrogens with zero attached hydrogens (tertiary/aromatic N) is 3. The summed E-state index contributed by atoms with van der Waals surface area (Å²) in [6.45, 7) is 4.16. The Labute approximate surface area is 136 Å². The topological polar surface area (TPSA) is 26.8 Å². The van der Waals surface area contributed by atoms with Gasteiger partial charge in [0.15, 0.2) is 0 Å². The minimum absolute atomic E-state index is 0.155. The van der Waals surface area contributed by atoms with E-state index in [0.29, 0.717) is 0 Å². The molecule has 0 spiro atoms. The molecule has 2 aliphatic rings. The first-order chi connectivity index (χ1) is 11.3. The van der Waals surface area contributed by atoms with Gasteiger partial charge < -0.3 is 9.80 Å². The number of urea groups is 1. The molecule has 0 N–H and O–H groups in total. The molecule has 1 fully saturated rings. The van der Waals surface area contributed by atoms with Crippen LogP contribution in [0.25, 0.3) is 0 Å². The van der Waals surface area contributed by atoms with Crippen molar-refractivity contribution in [2.75, 3.05) is 42.5 Å². The van der Waals surface area contributed by atoms with Crippen molar-refractivity contribution < 1.29 is 4.79 Å². The SMILES string of the molecule is O=C(N1CCN(c2ccccc2)CC1)N1CCc2ccccc21. The Morgan fingerprint density at radius 3 is 2.26 bits per heavy atom. The summed E-state index contributed by atoms with van der Waals surface area (Å²) in [5, 5.41) is 0. The maximum Gasteiger partial charge on any atom is 0.324 e. The third kappa shape index (κ3) is 2.65. The molecule has 0 bridgehead atoms. The molecule has 23 heavy (non-hydrogen) atoms. The van der Waals surface area contributed by atoms with Gasteiger partial charge in [-0.2, -0.15) is 0 Å². The van der Waals surface area contributed by atoms with Gasteiger partial charge in [-0.15, -0.1) is 0 Å². The van der Waals surface area contributed by atoms with Crippen molar-refractivity contribution in [1.82, 2.24) is 4.90 Å². The number of hydrogen-bond acceptors (Lipinski definition) is 2. The molecule has 2 amide bonds. The van der Waals surface area contributed by atoms with Gasteiger partial charge in [-0.1, -0.05) is 36.4 Å². The molecule has 4 rings (SSSR count). The lowest BCUT2D eigenvalue weighted by molar-refractivity contribution is 0.201. The van der Waals surface area contributed by atoms with Gasteiger partial charge in [0.1, 0.15) is 0 Å². The number of carbonyl (C=O) groups is 1. The van der Waals surface area contributed by atoms with Crippen LogP contribution in [0.3, 0.4) is 0 Å². The van der Waals surface area contributed by atoms with Gasteiger partial charge in [0.05, 0.1) is 0 Å². The molecule has 1 saturated heterocycles. The molecule has 0 aromatic heterocycles. The normalized spacial score (nSPS) is 17.3. The highest BCUT2D eigenvalue weighted by Crippen LogP contribution is 2.28. The maximum absolute atomic E-state index is 12.8. The number of benzene rings is 2. The van der Waals surface area contributed by atoms with Crippen LogP contribution in [-0.4, -0.2) is 43.7 Å². The summed E-state index contributed by atoms with van der Waals surface area (Å²) in [7, 11) is 0. The molecule has 4 heteroatoms. The molecule has 0 unspecified atom stereocenters. The maximum atomic E-state index is 12.8. The molecule has 0 aliphatic carbocycles. The van der Waals surface area contributed by atoms with E-state index in [1.54, 1.807) is 0 Å². The zero-order valence-corrected chi connectivity index (χ0v) is 13.2. The van der Waals surface area contributed by atoms with E-state index in [-0.39, 0.29) is 6.03 Å². The van der Waals surface area contributed by atoms with Gasteiger partial charge in [0.25, 0.3) is 0 Å². The van der Waals surface area contributed by atoms with Crippen LogP contribution in [-0.2, 0) is 6.42 Å². The minimum Gasteiger partial charge on any atom is -0.368 e. The van der Waals surface area contributed by atoms with E-state index >= 15 is 0 Å². The predicted octanol–water partition coefficient (Wildman–Crippen LogP) is 2.99. The fraction of sp³-hybridized carbons (Fsp3) is 0.316. The number of anilines is 2. The van der Waals surface area contributed by atoms with Gasteiger partial charge in [-0.05, 0) is 30.2 Å². The summed E-state index contributed by atoms with van der Waals surface area (Å²) in [4.78, 5) is 19.1. The number of piperazine rings is 1. The molecule has 118 valence electrons. The molecule has 2 heterocycles. The summed E-state index contributed by atoms with van der Waals surface area (Å²) in [5.41, 5.74) is 3.61. The van der Waals surface area contributed by atoms with Crippen molar-refractivity contribution in [3.8, 4) is 0 Å². The Balaban J connectivity index is 1.42. The molecule has 2 aromatic carbocycles. The van der Waals surface area contributed by atoms with Gasteiger partial charge in [-0.25, -0.2) is 4.79 Å². The Kier molecular flexibility index (Phi) is 3.66. The summed E-state index contributed by atoms with van der Waals surface area (Å²) < 4.78 is 0. The first-order valence-corrected chi connectivity index (χ1v) is 8.27. The van der Waals surface area contributed by atoms with Crippen LogP contribution >= 0.6 is 0 Å². The van der Waals surface area contributed by atoms with E-state index < -0.39 is 0 Å². The monoisotopic (exact) mass is 307 g/mol. The molecule has 0 radical (unpaired) electrons. The Morgan fingerprint density at radius 2 is 1.48 bits per heavy atom. The van der Waals surface area contributed by atoms with E-state index in [4.69, 9.17) is 0 Å². The van der Waals surface area contributed by atoms with Crippen LogP contribution < -0.4 is 9.80 Å². The average molecular weight is 307 g/mol. The van der Waals surface area contributed by atoms with Gasteiger partial charge >= 0.3 is 6.03 Å². The molecule has 0 atom stereocenters. The third-order valence-corrected chi connectivity index (χ3v) is 4.79. The van der Waals surface area contributed by atoms with Crippen molar-refractivity contribution in [3.63, 3.8) is 0 Å². The third-order valence-electron chi connectivity index (χ3n) is 4.79. The van der Waals surface area contributed by atoms with E-state index in [0.717, 1.165) is 44.8 Å². The Hall–Kier alpha value is -2.49. The van der Waals surface area contributed by atoms with Crippen molar-refractivity contribution in [1.29, 1.82) is 0 Å². The second-order valence-electron chi connectivity index (χ2n) is 6.12. The van der Waals surface area contributed by atoms with Crippen LogP contribution in [0.1, 0.15) is 5.56 Å². The number of amides is 2. The Bertz CT molecular complexity index is 693. The zero-order valence-electron chi connectivity index (χ0n) is 13.2. The molecule has 2 aliphatic heterocycles. The highest BCUT2D eigenvalue weighted by molar-refractivity contribution is 5.94. The molecule has 4 nitrogen and oxygen atoms in total. The standard InChI is InChI=1S/C19H21N3O/c23-19(22-11-10-16-6-4-5-9-18(16)22)21-14-12-20(13-15-21)17-7-2-1-3-8-17/h1-9H,10-15H2. The number of fused-ring (bicyclic) bond motifs is 1. The quantitative estimate of drug-likeness (QED) is 0.810. The first-order valence-electron chi connectivity index (χ1n) is 8.27. The summed E-state index contributed by atoms with van der Waals surface area (Å²) in [6, 6.07) is 18.8. The molecular formula is C19H21N3O. The lowest BCUT2D eigenvalue weighted by Crippen LogP contribution is -2.52. The second kappa shape index (κ2) is 5.95. The van der Waals surface area contributed by atoms with Crippen molar-refractivity contribution in [2.45, 2.75) is 6.42 Å². The number of rotatable bonds is 1. The van der Waals surface area contributed by atoms with Gasteiger partial charge in [0.2, 0.25) is 0 Å². The summed E-state index contributed by atoms with van der Waals surface area (Å²) >= 11 is 0. The summed E-state index contributed by atoms with van der Waals surface area (Å²) in [5.74, 6) is 0. The van der Waals surface area contributed by atoms with Crippen LogP contribution in [0.2, 0.25) is 0 Å². The van der Waals surface area contributed by atoms with Crippen LogP contribution in [0, 0.1) is 0 Å². The van der Waals surface area contributed by atoms with Gasteiger partial charge in [0, 0.05) is 44.1 Å². The largest absolute Gasteiger partial charge is 0.368 e. The fourth-order valence-corrected chi connectivity index (χ4v) is 3.50. The first kappa shape index (κ1) is 14.1. The second-order valence-corrected chi connectivity index (χ2v) is 6.12. The molecule has 2 aromatic rings. The van der Waals surface area contributed by atoms with Crippen LogP contribution in [0.5, 0.6) is 0 Å². The van der Waals surface area contributed by atoms with E-state index in [1.807, 2.05) is 28.0 Å². The number of hydrogen-bond donors (Lipinski definition) is 0. The van der Waals surface area contributed by atoms with Crippen LogP contribution in [0.15, 0.2) is 54.6 Å². The average Bonchev–Trinajstić information content (AvgIpc) is 3.06. The predicted molar refractivity (Wildman–Crippen MR) is 93.1 cm³/mol. The summed E-state index contributed by atoms with van der Waals surface area (Å²) in [6.07, 6.45) is 0.964. The van der Waals surface area contributed by atoms with Crippen LogP contribution in [0.4, 0.5) is 16.2 Å². The highest BCUT2D eigenvalue weighted by atomic mass is 16.2. The lowest BCUT2D eigenvalue weighted by Gasteiger charge is -2.37. The van der Waals surface area contributed by atoms with Crippen molar-refractivity contribution in [2.24, 2.45) is 0 Å². The smallest absolute Gasteiger partial charge is 0.324 e. The molecular weight excluding hydrogens is 286 g/mol. The highest BCUT2D eigenvalue weighted by Gasteiger charge is 2.30. The Morgan fingerprint density at radius 1 is 0.783 bits per heavy atom. The minimum atomic E-state index is 0.155. The number of carbonyl (C=O) groups excluding carboxylic acids is 1. The van der Waals surface area contributed by atoms with Crippen molar-refractivity contribution in [3.05, 3.63) is 60.2 Å². The van der Waals surface area contributed by atoms with E-state index in [1.165, 1.54) is 11.3 Å². The van der Waals surface area contributed by atoms with Crippen molar-refractivity contribution >= 4 is 17.4 Å². The van der Waals surface area contributed by atoms with E-state index in [2.05, 4.69) is 41.3 Å². The fourth-order valence-electron chi connectivity index (χ4n) is 3.50. The van der Waals surface area contributed by atoms with E-state index in [9.17, 15) is 4.79 Å². The molecule has 0 saturated carbocycles. The van der Waals surface area contributed by atoms with Gasteiger partial charge in [-0.3, -0.25) is 4.90 Å². The zero-order chi connectivity index (χ0) is 15.6. The lowest BCUT2D eigenvalue weighted by atomic mass is 10.2. The number of para-hydroxylation sites is 2.